The third-order valence-corrected chi connectivity index (χ3v) is 9.82. The molecule has 0 radical (unpaired) electrons. The Morgan fingerprint density at radius 1 is 0.463 bits per heavy atom. The lowest BCUT2D eigenvalue weighted by molar-refractivity contribution is 0.596. The zero-order valence-electron chi connectivity index (χ0n) is 21.9. The van der Waals surface area contributed by atoms with E-state index in [1.165, 1.54) is 0 Å². The number of fused-ring (bicyclic) bond motifs is 3. The average Bonchev–Trinajstić information content (AvgIpc) is 3.35. The topological polar surface area (TPSA) is 39.1 Å². The molecule has 7 aromatic rings. The van der Waals surface area contributed by atoms with E-state index in [2.05, 4.69) is 105 Å². The van der Waals surface area contributed by atoms with Crippen LogP contribution >= 0.6 is 15.9 Å². The van der Waals surface area contributed by atoms with Crippen molar-refractivity contribution in [3.8, 4) is 27.9 Å². The molecule has 0 saturated heterocycles. The quantitative estimate of drug-likeness (QED) is 0.194. The molecule has 1 heterocycles. The molecule has 41 heavy (non-hydrogen) atoms. The Hall–Kier alpha value is -4.45. The molecule has 0 N–H and O–H groups in total. The van der Waals surface area contributed by atoms with E-state index in [1.807, 2.05) is 24.3 Å². The fourth-order valence-corrected chi connectivity index (χ4v) is 6.97. The summed E-state index contributed by atoms with van der Waals surface area (Å²) in [7, 11) is -3.63. The third kappa shape index (κ3) is 4.57. The molecule has 1 aromatic heterocycles. The number of rotatable bonds is 5. The molecular weight excluding hydrogens is 590 g/mol. The van der Waals surface area contributed by atoms with Gasteiger partial charge in [-0.25, -0.2) is 8.42 Å². The van der Waals surface area contributed by atoms with Crippen LogP contribution in [0.3, 0.4) is 0 Å². The summed E-state index contributed by atoms with van der Waals surface area (Å²) in [5.41, 5.74) is 7.66. The summed E-state index contributed by atoms with van der Waals surface area (Å²) in [4.78, 5) is 0.536. The molecule has 3 nitrogen and oxygen atoms in total. The van der Waals surface area contributed by atoms with Gasteiger partial charge in [0.1, 0.15) is 0 Å². The monoisotopic (exact) mass is 613 g/mol. The molecule has 198 valence electrons. The zero-order chi connectivity index (χ0) is 28.0. The van der Waals surface area contributed by atoms with Crippen molar-refractivity contribution < 1.29 is 8.42 Å². The summed E-state index contributed by atoms with van der Waals surface area (Å²) < 4.78 is 29.6. The second kappa shape index (κ2) is 10.2. The van der Waals surface area contributed by atoms with E-state index < -0.39 is 9.84 Å². The molecule has 0 bridgehead atoms. The molecule has 7 rings (SSSR count). The molecule has 0 atom stereocenters. The molecule has 0 unspecified atom stereocenters. The Morgan fingerprint density at radius 3 is 1.37 bits per heavy atom. The van der Waals surface area contributed by atoms with Crippen molar-refractivity contribution in [3.05, 3.63) is 150 Å². The normalized spacial score (nSPS) is 11.7. The molecule has 0 fully saturated rings. The van der Waals surface area contributed by atoms with Crippen molar-refractivity contribution in [1.29, 1.82) is 0 Å². The Labute approximate surface area is 247 Å². The highest BCUT2D eigenvalue weighted by Gasteiger charge is 2.19. The van der Waals surface area contributed by atoms with Crippen LogP contribution in [0.25, 0.3) is 49.7 Å². The SMILES string of the molecule is O=S(=O)(c1ccc(Br)cc1)c1ccc(-n2c3ccc(-c4ccccc4)cc3c3cc(-c4ccccc4)ccc32)cc1. The first-order valence-corrected chi connectivity index (χ1v) is 15.6. The second-order valence-electron chi connectivity index (χ2n) is 9.98. The van der Waals surface area contributed by atoms with Gasteiger partial charge in [-0.15, -0.1) is 0 Å². The summed E-state index contributed by atoms with van der Waals surface area (Å²) in [6, 6.07) is 47.8. The van der Waals surface area contributed by atoms with Crippen molar-refractivity contribution in [1.82, 2.24) is 4.57 Å². The standard InChI is InChI=1S/C36H24BrNO2S/c37-29-13-17-31(18-14-29)41(39,40)32-19-15-30(16-20-32)38-35-21-11-27(25-7-3-1-4-8-25)23-33(35)34-24-28(12-22-36(34)38)26-9-5-2-6-10-26/h1-24H. The molecular formula is C36H24BrNO2S. The van der Waals surface area contributed by atoms with Gasteiger partial charge in [-0.1, -0.05) is 88.7 Å². The largest absolute Gasteiger partial charge is 0.309 e. The van der Waals surface area contributed by atoms with Crippen molar-refractivity contribution in [2.24, 2.45) is 0 Å². The van der Waals surface area contributed by atoms with Gasteiger partial charge in [0.15, 0.2) is 0 Å². The third-order valence-electron chi connectivity index (χ3n) is 7.51. The van der Waals surface area contributed by atoms with E-state index in [0.29, 0.717) is 0 Å². The van der Waals surface area contributed by atoms with Crippen LogP contribution in [0.15, 0.2) is 160 Å². The molecule has 0 aliphatic rings. The van der Waals surface area contributed by atoms with Gasteiger partial charge in [-0.2, -0.15) is 0 Å². The van der Waals surface area contributed by atoms with Crippen LogP contribution in [0.2, 0.25) is 0 Å². The zero-order valence-corrected chi connectivity index (χ0v) is 24.3. The lowest BCUT2D eigenvalue weighted by atomic mass is 10.0. The van der Waals surface area contributed by atoms with E-state index >= 15 is 0 Å². The first-order chi connectivity index (χ1) is 20.0. The number of hydrogen-bond acceptors (Lipinski definition) is 2. The fraction of sp³-hybridized carbons (Fsp3) is 0. The molecule has 6 aromatic carbocycles. The summed E-state index contributed by atoms with van der Waals surface area (Å²) in [5.74, 6) is 0. The minimum atomic E-state index is -3.63. The van der Waals surface area contributed by atoms with E-state index in [4.69, 9.17) is 0 Å². The second-order valence-corrected chi connectivity index (χ2v) is 12.8. The fourth-order valence-electron chi connectivity index (χ4n) is 5.45. The minimum absolute atomic E-state index is 0.266. The number of halogens is 1. The van der Waals surface area contributed by atoms with Gasteiger partial charge < -0.3 is 4.57 Å². The number of nitrogens with zero attached hydrogens (tertiary/aromatic N) is 1. The van der Waals surface area contributed by atoms with Gasteiger partial charge in [-0.3, -0.25) is 0 Å². The lowest BCUT2D eigenvalue weighted by Gasteiger charge is -2.11. The molecule has 0 aliphatic carbocycles. The summed E-state index contributed by atoms with van der Waals surface area (Å²) in [6.45, 7) is 0. The number of aromatic nitrogens is 1. The Bertz CT molecular complexity index is 2040. The highest BCUT2D eigenvalue weighted by molar-refractivity contribution is 9.10. The molecule has 0 aliphatic heterocycles. The summed E-state index contributed by atoms with van der Waals surface area (Å²) >= 11 is 3.38. The van der Waals surface area contributed by atoms with E-state index in [-0.39, 0.29) is 9.79 Å². The molecule has 0 saturated carbocycles. The number of sulfone groups is 1. The van der Waals surface area contributed by atoms with Gasteiger partial charge in [0.05, 0.1) is 20.8 Å². The van der Waals surface area contributed by atoms with E-state index in [9.17, 15) is 8.42 Å². The van der Waals surface area contributed by atoms with Gasteiger partial charge in [0.25, 0.3) is 0 Å². The van der Waals surface area contributed by atoms with Gasteiger partial charge >= 0.3 is 0 Å². The predicted octanol–water partition coefficient (Wildman–Crippen LogP) is 9.71. The Kier molecular flexibility index (Phi) is 6.34. The molecule has 0 amide bonds. The maximum Gasteiger partial charge on any atom is 0.206 e. The van der Waals surface area contributed by atoms with Crippen LogP contribution in [-0.4, -0.2) is 13.0 Å². The smallest absolute Gasteiger partial charge is 0.206 e. The van der Waals surface area contributed by atoms with Crippen molar-refractivity contribution in [3.63, 3.8) is 0 Å². The van der Waals surface area contributed by atoms with Crippen molar-refractivity contribution in [2.75, 3.05) is 0 Å². The minimum Gasteiger partial charge on any atom is -0.309 e. The number of hydrogen-bond donors (Lipinski definition) is 0. The van der Waals surface area contributed by atoms with E-state index in [0.717, 1.165) is 54.2 Å². The van der Waals surface area contributed by atoms with Crippen LogP contribution in [0, 0.1) is 0 Å². The first-order valence-electron chi connectivity index (χ1n) is 13.3. The summed E-state index contributed by atoms with van der Waals surface area (Å²) in [5, 5.41) is 2.29. The van der Waals surface area contributed by atoms with Crippen LogP contribution in [-0.2, 0) is 9.84 Å². The maximum atomic E-state index is 13.3. The van der Waals surface area contributed by atoms with E-state index in [1.54, 1.807) is 36.4 Å². The number of benzene rings is 6. The maximum absolute atomic E-state index is 13.3. The van der Waals surface area contributed by atoms with Crippen molar-refractivity contribution in [2.45, 2.75) is 9.79 Å². The predicted molar refractivity (Wildman–Crippen MR) is 171 cm³/mol. The van der Waals surface area contributed by atoms with Crippen LogP contribution in [0.1, 0.15) is 0 Å². The molecule has 5 heteroatoms. The Balaban J connectivity index is 1.41. The summed E-state index contributed by atoms with van der Waals surface area (Å²) in [6.07, 6.45) is 0. The van der Waals surface area contributed by atoms with Crippen LogP contribution in [0.4, 0.5) is 0 Å². The first kappa shape index (κ1) is 25.5. The lowest BCUT2D eigenvalue weighted by Crippen LogP contribution is -2.02. The highest BCUT2D eigenvalue weighted by atomic mass is 79.9. The molecule has 0 spiro atoms. The van der Waals surface area contributed by atoms with Crippen LogP contribution in [0.5, 0.6) is 0 Å². The van der Waals surface area contributed by atoms with Crippen LogP contribution < -0.4 is 0 Å². The van der Waals surface area contributed by atoms with Gasteiger partial charge in [0, 0.05) is 20.9 Å². The Morgan fingerprint density at radius 2 is 0.902 bits per heavy atom. The average molecular weight is 615 g/mol. The highest BCUT2D eigenvalue weighted by Crippen LogP contribution is 2.37. The van der Waals surface area contributed by atoms with Gasteiger partial charge in [0.2, 0.25) is 9.84 Å². The van der Waals surface area contributed by atoms with Gasteiger partial charge in [-0.05, 0) is 95.1 Å². The van der Waals surface area contributed by atoms with Crippen molar-refractivity contribution >= 4 is 47.6 Å².